The fourth-order valence-corrected chi connectivity index (χ4v) is 3.97. The van der Waals surface area contributed by atoms with Gasteiger partial charge >= 0.3 is 0 Å². The highest BCUT2D eigenvalue weighted by Gasteiger charge is 2.29. The smallest absolute Gasteiger partial charge is 0.261 e. The van der Waals surface area contributed by atoms with Crippen LogP contribution in [-0.4, -0.2) is 35.4 Å². The van der Waals surface area contributed by atoms with Gasteiger partial charge in [-0.3, -0.25) is 9.59 Å². The lowest BCUT2D eigenvalue weighted by atomic mass is 10.1. The number of nitrogens with one attached hydrogen (secondary N) is 1. The van der Waals surface area contributed by atoms with Gasteiger partial charge < -0.3 is 15.0 Å². The number of benzene rings is 2. The first kappa shape index (κ1) is 23.3. The molecule has 1 fully saturated rings. The van der Waals surface area contributed by atoms with Gasteiger partial charge in [-0.05, 0) is 56.5 Å². The molecule has 1 N–H and O–H groups in total. The van der Waals surface area contributed by atoms with Crippen molar-refractivity contribution in [2.75, 3.05) is 6.61 Å². The lowest BCUT2D eigenvalue weighted by Crippen LogP contribution is -2.50. The molecule has 1 unspecified atom stereocenters. The number of nitrogens with zero attached hydrogens (tertiary/aromatic N) is 1. The van der Waals surface area contributed by atoms with Gasteiger partial charge in [-0.2, -0.15) is 0 Å². The van der Waals surface area contributed by atoms with E-state index in [1.807, 2.05) is 19.1 Å². The van der Waals surface area contributed by atoms with Crippen LogP contribution in [0.25, 0.3) is 0 Å². The third-order valence-electron chi connectivity index (χ3n) is 5.66. The van der Waals surface area contributed by atoms with Gasteiger partial charge in [-0.1, -0.05) is 47.0 Å². The van der Waals surface area contributed by atoms with Gasteiger partial charge in [0.15, 0.2) is 6.61 Å². The summed E-state index contributed by atoms with van der Waals surface area (Å²) in [7, 11) is 0. The molecule has 3 rings (SSSR count). The van der Waals surface area contributed by atoms with Gasteiger partial charge in [-0.25, -0.2) is 4.39 Å². The van der Waals surface area contributed by atoms with Crippen LogP contribution in [0.4, 0.5) is 4.39 Å². The van der Waals surface area contributed by atoms with Gasteiger partial charge in [0.05, 0.1) is 0 Å². The maximum atomic E-state index is 14.3. The lowest BCUT2D eigenvalue weighted by molar-refractivity contribution is -0.142. The third-order valence-corrected chi connectivity index (χ3v) is 6.55. The summed E-state index contributed by atoms with van der Waals surface area (Å²) in [4.78, 5) is 27.3. The maximum Gasteiger partial charge on any atom is 0.261 e. The molecule has 2 aromatic rings. The van der Waals surface area contributed by atoms with Crippen LogP contribution in [-0.2, 0) is 16.1 Å². The highest BCUT2D eigenvalue weighted by Crippen LogP contribution is 2.22. The van der Waals surface area contributed by atoms with Crippen molar-refractivity contribution < 1.29 is 18.7 Å². The average molecular weight is 491 g/mol. The molecule has 2 aromatic carbocycles. The largest absolute Gasteiger partial charge is 0.484 e. The van der Waals surface area contributed by atoms with E-state index in [9.17, 15) is 14.0 Å². The van der Waals surface area contributed by atoms with E-state index in [2.05, 4.69) is 21.2 Å². The number of carbonyl (C=O) groups excluding carboxylic acids is 2. The van der Waals surface area contributed by atoms with Gasteiger partial charge in [0.25, 0.3) is 5.91 Å². The highest BCUT2D eigenvalue weighted by molar-refractivity contribution is 9.10. The second-order valence-corrected chi connectivity index (χ2v) is 8.83. The molecule has 0 aliphatic heterocycles. The van der Waals surface area contributed by atoms with E-state index in [0.717, 1.165) is 35.7 Å². The molecule has 0 radical (unpaired) electrons. The van der Waals surface area contributed by atoms with Crippen LogP contribution in [0.15, 0.2) is 46.9 Å². The number of aryl methyl sites for hydroxylation is 1. The fraction of sp³-hybridized carbons (Fsp3) is 0.417. The second kappa shape index (κ2) is 10.8. The van der Waals surface area contributed by atoms with E-state index in [1.165, 1.54) is 11.0 Å². The van der Waals surface area contributed by atoms with E-state index in [-0.39, 0.29) is 31.0 Å². The highest BCUT2D eigenvalue weighted by atomic mass is 79.9. The molecule has 0 heterocycles. The summed E-state index contributed by atoms with van der Waals surface area (Å²) in [5, 5.41) is 3.03. The number of carbonyl (C=O) groups is 2. The van der Waals surface area contributed by atoms with E-state index in [4.69, 9.17) is 4.74 Å². The van der Waals surface area contributed by atoms with Crippen molar-refractivity contribution in [2.45, 2.75) is 58.2 Å². The number of amides is 2. The SMILES string of the molecule is Cc1cc(OCC(=O)N(Cc2ccccc2F)C(C)C(=O)NC2CCCC2)ccc1Br. The standard InChI is InChI=1S/C24H28BrFN2O3/c1-16-13-20(11-12-21(16)25)31-15-23(29)28(14-18-7-3-6-10-22(18)26)17(2)24(30)27-19-8-4-5-9-19/h3,6-7,10-13,17,19H,4-5,8-9,14-15H2,1-2H3,(H,27,30). The van der Waals surface area contributed by atoms with Crippen LogP contribution in [0, 0.1) is 12.7 Å². The van der Waals surface area contributed by atoms with Crippen LogP contribution in [0.5, 0.6) is 5.75 Å². The Kier molecular flexibility index (Phi) is 8.07. The molecule has 31 heavy (non-hydrogen) atoms. The number of hydrogen-bond acceptors (Lipinski definition) is 3. The predicted molar refractivity (Wildman–Crippen MR) is 121 cm³/mol. The van der Waals surface area contributed by atoms with Gasteiger partial charge in [-0.15, -0.1) is 0 Å². The van der Waals surface area contributed by atoms with E-state index in [0.29, 0.717) is 11.3 Å². The summed E-state index contributed by atoms with van der Waals surface area (Å²) in [5.41, 5.74) is 1.34. The Labute approximate surface area is 191 Å². The van der Waals surface area contributed by atoms with Gasteiger partial charge in [0, 0.05) is 22.6 Å². The van der Waals surface area contributed by atoms with Crippen molar-refractivity contribution in [1.82, 2.24) is 10.2 Å². The van der Waals surface area contributed by atoms with Crippen molar-refractivity contribution >= 4 is 27.7 Å². The Bertz CT molecular complexity index is 931. The molecule has 2 amide bonds. The molecule has 1 aliphatic rings. The summed E-state index contributed by atoms with van der Waals surface area (Å²) >= 11 is 3.44. The average Bonchev–Trinajstić information content (AvgIpc) is 3.26. The Morgan fingerprint density at radius 2 is 1.94 bits per heavy atom. The molecular weight excluding hydrogens is 463 g/mol. The van der Waals surface area contributed by atoms with E-state index < -0.39 is 11.9 Å². The number of rotatable bonds is 8. The number of hydrogen-bond donors (Lipinski definition) is 1. The fourth-order valence-electron chi connectivity index (χ4n) is 3.72. The Balaban J connectivity index is 1.73. The number of ether oxygens (including phenoxy) is 1. The lowest BCUT2D eigenvalue weighted by Gasteiger charge is -2.29. The van der Waals surface area contributed by atoms with Crippen molar-refractivity contribution in [1.29, 1.82) is 0 Å². The minimum absolute atomic E-state index is 0.00646. The Hall–Kier alpha value is -2.41. The molecule has 0 bridgehead atoms. The van der Waals surface area contributed by atoms with Crippen LogP contribution in [0.2, 0.25) is 0 Å². The molecule has 1 saturated carbocycles. The molecular formula is C24H28BrFN2O3. The molecule has 0 aromatic heterocycles. The third kappa shape index (κ3) is 6.29. The first-order valence-electron chi connectivity index (χ1n) is 10.6. The van der Waals surface area contributed by atoms with Crippen LogP contribution < -0.4 is 10.1 Å². The molecule has 7 heteroatoms. The monoisotopic (exact) mass is 490 g/mol. The molecule has 1 atom stereocenters. The molecule has 0 spiro atoms. The molecule has 166 valence electrons. The van der Waals surface area contributed by atoms with Crippen molar-refractivity contribution in [2.24, 2.45) is 0 Å². The van der Waals surface area contributed by atoms with E-state index >= 15 is 0 Å². The summed E-state index contributed by atoms with van der Waals surface area (Å²) < 4.78 is 20.9. The summed E-state index contributed by atoms with van der Waals surface area (Å²) in [6.45, 7) is 3.36. The van der Waals surface area contributed by atoms with Crippen molar-refractivity contribution in [3.05, 3.63) is 63.9 Å². The van der Waals surface area contributed by atoms with Crippen molar-refractivity contribution in [3.8, 4) is 5.75 Å². The minimum Gasteiger partial charge on any atom is -0.484 e. The normalized spacial score (nSPS) is 14.8. The van der Waals surface area contributed by atoms with Crippen LogP contribution >= 0.6 is 15.9 Å². The zero-order valence-electron chi connectivity index (χ0n) is 17.9. The first-order valence-corrected chi connectivity index (χ1v) is 11.4. The first-order chi connectivity index (χ1) is 14.8. The van der Waals surface area contributed by atoms with Crippen molar-refractivity contribution in [3.63, 3.8) is 0 Å². The minimum atomic E-state index is -0.747. The van der Waals surface area contributed by atoms with Crippen LogP contribution in [0.1, 0.15) is 43.7 Å². The predicted octanol–water partition coefficient (Wildman–Crippen LogP) is 4.75. The number of halogens is 2. The topological polar surface area (TPSA) is 58.6 Å². The molecule has 5 nitrogen and oxygen atoms in total. The zero-order chi connectivity index (χ0) is 22.4. The summed E-state index contributed by atoms with van der Waals surface area (Å²) in [6, 6.07) is 11.1. The summed E-state index contributed by atoms with van der Waals surface area (Å²) in [5.74, 6) is -0.454. The van der Waals surface area contributed by atoms with E-state index in [1.54, 1.807) is 31.2 Å². The second-order valence-electron chi connectivity index (χ2n) is 7.98. The zero-order valence-corrected chi connectivity index (χ0v) is 19.5. The van der Waals surface area contributed by atoms with Gasteiger partial charge in [0.2, 0.25) is 5.91 Å². The van der Waals surface area contributed by atoms with Gasteiger partial charge in [0.1, 0.15) is 17.6 Å². The van der Waals surface area contributed by atoms with Crippen LogP contribution in [0.3, 0.4) is 0 Å². The quantitative estimate of drug-likeness (QED) is 0.580. The molecule has 0 saturated heterocycles. The Morgan fingerprint density at radius 1 is 1.23 bits per heavy atom. The maximum absolute atomic E-state index is 14.3. The molecule has 1 aliphatic carbocycles. The summed E-state index contributed by atoms with van der Waals surface area (Å²) in [6.07, 6.45) is 4.09. The Morgan fingerprint density at radius 3 is 2.61 bits per heavy atom.